The van der Waals surface area contributed by atoms with Crippen LogP contribution in [0.15, 0.2) is 24.3 Å². The number of hydrogen-bond acceptors (Lipinski definition) is 3. The van der Waals surface area contributed by atoms with Crippen LogP contribution in [0.4, 0.5) is 0 Å². The molecule has 0 aromatic heterocycles. The molecule has 0 aliphatic rings. The van der Waals surface area contributed by atoms with Crippen molar-refractivity contribution in [2.75, 3.05) is 7.11 Å². The van der Waals surface area contributed by atoms with Gasteiger partial charge in [-0.2, -0.15) is 0 Å². The largest absolute Gasteiger partial charge is 0.497 e. The number of hydrogen-bond donors (Lipinski definition) is 2. The second-order valence-corrected chi connectivity index (χ2v) is 6.19. The maximum Gasteiger partial charge on any atom is 0.222 e. The Bertz CT molecular complexity index is 514. The zero-order valence-corrected chi connectivity index (χ0v) is 15.2. The fourth-order valence-corrected chi connectivity index (χ4v) is 2.63. The van der Waals surface area contributed by atoms with Gasteiger partial charge in [-0.1, -0.05) is 38.3 Å². The predicted octanol–water partition coefficient (Wildman–Crippen LogP) is 3.35. The summed E-state index contributed by atoms with van der Waals surface area (Å²) in [6.07, 6.45) is 4.67. The first-order valence-electron chi connectivity index (χ1n) is 8.66. The van der Waals surface area contributed by atoms with Gasteiger partial charge in [0.1, 0.15) is 5.75 Å². The van der Waals surface area contributed by atoms with Crippen molar-refractivity contribution in [3.8, 4) is 5.75 Å². The van der Waals surface area contributed by atoms with Crippen LogP contribution in [-0.2, 0) is 9.59 Å². The van der Waals surface area contributed by atoms with Crippen LogP contribution in [0, 0.1) is 0 Å². The standard InChI is InChI=1S/C19H30N2O3/c1-5-6-7-8-14(2)20-19(23)13-18(21-15(3)22)16-9-11-17(24-4)12-10-16/h9-12,14,18H,5-8,13H2,1-4H3,(H,20,23)(H,21,22)/t14-,18+/m1/s1. The summed E-state index contributed by atoms with van der Waals surface area (Å²) in [4.78, 5) is 23.7. The van der Waals surface area contributed by atoms with Crippen molar-refractivity contribution in [2.45, 2.75) is 65.0 Å². The Hall–Kier alpha value is -2.04. The van der Waals surface area contributed by atoms with Crippen LogP contribution in [0.5, 0.6) is 5.75 Å². The van der Waals surface area contributed by atoms with Crippen molar-refractivity contribution in [3.05, 3.63) is 29.8 Å². The molecule has 1 rings (SSSR count). The molecule has 5 heteroatoms. The van der Waals surface area contributed by atoms with E-state index in [4.69, 9.17) is 4.74 Å². The monoisotopic (exact) mass is 334 g/mol. The van der Waals surface area contributed by atoms with E-state index in [-0.39, 0.29) is 30.3 Å². The van der Waals surface area contributed by atoms with Crippen LogP contribution in [0.1, 0.15) is 64.5 Å². The molecule has 0 unspecified atom stereocenters. The van der Waals surface area contributed by atoms with Gasteiger partial charge in [0.15, 0.2) is 0 Å². The van der Waals surface area contributed by atoms with Gasteiger partial charge in [0, 0.05) is 13.0 Å². The minimum absolute atomic E-state index is 0.0476. The molecule has 2 N–H and O–H groups in total. The number of carbonyl (C=O) groups excluding carboxylic acids is 2. The quantitative estimate of drug-likeness (QED) is 0.645. The average Bonchev–Trinajstić information content (AvgIpc) is 2.54. The molecule has 0 saturated carbocycles. The van der Waals surface area contributed by atoms with Crippen molar-refractivity contribution >= 4 is 11.8 Å². The molecule has 2 atom stereocenters. The molecular formula is C19H30N2O3. The zero-order valence-electron chi connectivity index (χ0n) is 15.2. The summed E-state index contributed by atoms with van der Waals surface area (Å²) in [5.41, 5.74) is 0.889. The average molecular weight is 334 g/mol. The van der Waals surface area contributed by atoms with Gasteiger partial charge < -0.3 is 15.4 Å². The first kappa shape index (κ1) is 20.0. The summed E-state index contributed by atoms with van der Waals surface area (Å²) in [6.45, 7) is 5.65. The van der Waals surface area contributed by atoms with Crippen LogP contribution < -0.4 is 15.4 Å². The fraction of sp³-hybridized carbons (Fsp3) is 0.579. The van der Waals surface area contributed by atoms with Gasteiger partial charge in [-0.15, -0.1) is 0 Å². The molecule has 0 bridgehead atoms. The molecule has 134 valence electrons. The van der Waals surface area contributed by atoms with Crippen molar-refractivity contribution in [3.63, 3.8) is 0 Å². The lowest BCUT2D eigenvalue weighted by Gasteiger charge is -2.20. The summed E-state index contributed by atoms with van der Waals surface area (Å²) < 4.78 is 5.14. The Morgan fingerprint density at radius 3 is 2.33 bits per heavy atom. The van der Waals surface area contributed by atoms with Crippen molar-refractivity contribution in [1.29, 1.82) is 0 Å². The normalized spacial score (nSPS) is 13.0. The van der Waals surface area contributed by atoms with Crippen molar-refractivity contribution in [2.24, 2.45) is 0 Å². The molecule has 0 aliphatic heterocycles. The molecule has 0 saturated heterocycles. The first-order valence-corrected chi connectivity index (χ1v) is 8.66. The van der Waals surface area contributed by atoms with Crippen LogP contribution in [0.3, 0.4) is 0 Å². The van der Waals surface area contributed by atoms with Gasteiger partial charge in [0.05, 0.1) is 19.6 Å². The Labute approximate surface area is 145 Å². The zero-order chi connectivity index (χ0) is 17.9. The fourth-order valence-electron chi connectivity index (χ4n) is 2.63. The van der Waals surface area contributed by atoms with E-state index in [0.29, 0.717) is 0 Å². The smallest absolute Gasteiger partial charge is 0.222 e. The highest BCUT2D eigenvalue weighted by Gasteiger charge is 2.18. The minimum atomic E-state index is -0.337. The van der Waals surface area contributed by atoms with Gasteiger partial charge in [-0.3, -0.25) is 9.59 Å². The lowest BCUT2D eigenvalue weighted by Crippen LogP contribution is -2.36. The molecule has 0 heterocycles. The van der Waals surface area contributed by atoms with Gasteiger partial charge in [0.2, 0.25) is 11.8 Å². The summed E-state index contributed by atoms with van der Waals surface area (Å²) in [5, 5.41) is 5.87. The SMILES string of the molecule is CCCCC[C@@H](C)NC(=O)C[C@H](NC(C)=O)c1ccc(OC)cc1. The Morgan fingerprint density at radius 2 is 1.79 bits per heavy atom. The molecule has 2 amide bonds. The van der Waals surface area contributed by atoms with E-state index in [1.54, 1.807) is 7.11 Å². The Balaban J connectivity index is 2.64. The van der Waals surface area contributed by atoms with E-state index in [9.17, 15) is 9.59 Å². The van der Waals surface area contributed by atoms with E-state index in [2.05, 4.69) is 17.6 Å². The van der Waals surface area contributed by atoms with E-state index < -0.39 is 0 Å². The third-order valence-electron chi connectivity index (χ3n) is 3.93. The van der Waals surface area contributed by atoms with Crippen LogP contribution >= 0.6 is 0 Å². The second kappa shape index (κ2) is 10.7. The number of rotatable bonds is 10. The van der Waals surface area contributed by atoms with Gasteiger partial charge in [-0.05, 0) is 31.0 Å². The third kappa shape index (κ3) is 7.49. The van der Waals surface area contributed by atoms with Gasteiger partial charge >= 0.3 is 0 Å². The molecule has 1 aromatic rings. The van der Waals surface area contributed by atoms with Gasteiger partial charge in [0.25, 0.3) is 0 Å². The summed E-state index contributed by atoms with van der Waals surface area (Å²) in [5.74, 6) is 0.544. The summed E-state index contributed by atoms with van der Waals surface area (Å²) in [6, 6.07) is 7.22. The first-order chi connectivity index (χ1) is 11.5. The third-order valence-corrected chi connectivity index (χ3v) is 3.93. The van der Waals surface area contributed by atoms with E-state index in [1.165, 1.54) is 19.8 Å². The number of benzene rings is 1. The maximum atomic E-state index is 12.3. The van der Waals surface area contributed by atoms with E-state index in [1.807, 2.05) is 31.2 Å². The van der Waals surface area contributed by atoms with E-state index >= 15 is 0 Å². The highest BCUT2D eigenvalue weighted by molar-refractivity contribution is 5.79. The Morgan fingerprint density at radius 1 is 1.12 bits per heavy atom. The minimum Gasteiger partial charge on any atom is -0.497 e. The summed E-state index contributed by atoms with van der Waals surface area (Å²) >= 11 is 0. The molecule has 24 heavy (non-hydrogen) atoms. The summed E-state index contributed by atoms with van der Waals surface area (Å²) in [7, 11) is 1.60. The number of unbranched alkanes of at least 4 members (excludes halogenated alkanes) is 2. The van der Waals surface area contributed by atoms with Crippen molar-refractivity contribution < 1.29 is 14.3 Å². The molecule has 1 aromatic carbocycles. The predicted molar refractivity (Wildman–Crippen MR) is 95.9 cm³/mol. The van der Waals surface area contributed by atoms with Crippen molar-refractivity contribution in [1.82, 2.24) is 10.6 Å². The molecule has 0 fully saturated rings. The lowest BCUT2D eigenvalue weighted by molar-refractivity contribution is -0.123. The number of amides is 2. The highest BCUT2D eigenvalue weighted by Crippen LogP contribution is 2.20. The van der Waals surface area contributed by atoms with Gasteiger partial charge in [-0.25, -0.2) is 0 Å². The lowest BCUT2D eigenvalue weighted by atomic mass is 10.0. The van der Waals surface area contributed by atoms with Crippen LogP contribution in [0.25, 0.3) is 0 Å². The maximum absolute atomic E-state index is 12.3. The molecule has 0 spiro atoms. The Kier molecular flexibility index (Phi) is 8.90. The highest BCUT2D eigenvalue weighted by atomic mass is 16.5. The van der Waals surface area contributed by atoms with E-state index in [0.717, 1.165) is 24.2 Å². The molecule has 5 nitrogen and oxygen atoms in total. The van der Waals surface area contributed by atoms with Crippen LogP contribution in [0.2, 0.25) is 0 Å². The number of methoxy groups -OCH3 is 1. The molecule has 0 radical (unpaired) electrons. The molecular weight excluding hydrogens is 304 g/mol. The number of ether oxygens (including phenoxy) is 1. The second-order valence-electron chi connectivity index (χ2n) is 6.19. The number of carbonyl (C=O) groups is 2. The topological polar surface area (TPSA) is 67.4 Å². The number of nitrogens with one attached hydrogen (secondary N) is 2. The molecule has 0 aliphatic carbocycles. The van der Waals surface area contributed by atoms with Crippen LogP contribution in [-0.4, -0.2) is 25.0 Å².